The Kier molecular flexibility index (Phi) is 1.98. The highest BCUT2D eigenvalue weighted by Crippen LogP contribution is 2.17. The van der Waals surface area contributed by atoms with E-state index in [0.29, 0.717) is 16.9 Å². The molecular weight excluding hydrogens is 159 g/mol. The summed E-state index contributed by atoms with van der Waals surface area (Å²) in [6, 6.07) is 0. The highest BCUT2D eigenvalue weighted by molar-refractivity contribution is 6.45. The number of hydrogen-bond donors (Lipinski definition) is 0. The lowest BCUT2D eigenvalue weighted by atomic mass is 10.5. The van der Waals surface area contributed by atoms with Crippen molar-refractivity contribution in [2.75, 3.05) is 13.7 Å². The minimum atomic E-state index is 0.505. The number of aliphatic imine (C=N–C) groups is 1. The van der Waals surface area contributed by atoms with Crippen molar-refractivity contribution in [2.24, 2.45) is 4.99 Å². The van der Waals surface area contributed by atoms with Gasteiger partial charge in [0.15, 0.2) is 0 Å². The van der Waals surface area contributed by atoms with Gasteiger partial charge in [-0.15, -0.1) is 0 Å². The molecule has 4 heteroatoms. The van der Waals surface area contributed by atoms with Crippen molar-refractivity contribution >= 4 is 29.4 Å². The highest BCUT2D eigenvalue weighted by Gasteiger charge is 2.08. The summed E-state index contributed by atoms with van der Waals surface area (Å²) in [4.78, 5) is 5.68. The van der Waals surface area contributed by atoms with Crippen molar-refractivity contribution in [3.8, 4) is 0 Å². The molecule has 9 heavy (non-hydrogen) atoms. The minimum absolute atomic E-state index is 0.505. The van der Waals surface area contributed by atoms with Gasteiger partial charge in [-0.3, -0.25) is 4.99 Å². The predicted octanol–water partition coefficient (Wildman–Crippen LogP) is 1.61. The Morgan fingerprint density at radius 1 is 1.67 bits per heavy atom. The van der Waals surface area contributed by atoms with Crippen LogP contribution < -0.4 is 0 Å². The maximum atomic E-state index is 5.70. The third kappa shape index (κ3) is 1.37. The second-order valence-electron chi connectivity index (χ2n) is 1.79. The summed E-state index contributed by atoms with van der Waals surface area (Å²) >= 11 is 11.3. The topological polar surface area (TPSA) is 15.6 Å². The van der Waals surface area contributed by atoms with Crippen LogP contribution in [0.5, 0.6) is 0 Å². The summed E-state index contributed by atoms with van der Waals surface area (Å²) in [5.74, 6) is 0. The molecule has 0 saturated heterocycles. The first-order valence-electron chi connectivity index (χ1n) is 2.48. The Labute approximate surface area is 63.8 Å². The molecule has 2 nitrogen and oxygen atoms in total. The first kappa shape index (κ1) is 6.90. The van der Waals surface area contributed by atoms with Crippen molar-refractivity contribution in [3.63, 3.8) is 0 Å². The van der Waals surface area contributed by atoms with Gasteiger partial charge >= 0.3 is 0 Å². The maximum Gasteiger partial charge on any atom is 0.126 e. The molecule has 0 N–H and O–H groups in total. The molecule has 0 spiro atoms. The molecule has 0 radical (unpaired) electrons. The molecule has 1 rings (SSSR count). The molecule has 0 aromatic carbocycles. The Balaban J connectivity index is 2.83. The van der Waals surface area contributed by atoms with Crippen LogP contribution in [0.3, 0.4) is 0 Å². The van der Waals surface area contributed by atoms with Crippen LogP contribution in [0.1, 0.15) is 0 Å². The molecule has 0 aliphatic carbocycles. The average molecular weight is 165 g/mol. The summed E-state index contributed by atoms with van der Waals surface area (Å²) in [5.41, 5.74) is 0. The lowest BCUT2D eigenvalue weighted by molar-refractivity contribution is 0.455. The molecule has 50 valence electrons. The second-order valence-corrected chi connectivity index (χ2v) is 2.56. The Bertz CT molecular complexity index is 174. The second kappa shape index (κ2) is 2.58. The molecule has 0 aromatic heterocycles. The molecule has 1 aliphatic heterocycles. The Hall–Kier alpha value is -0.210. The van der Waals surface area contributed by atoms with E-state index in [0.717, 1.165) is 0 Å². The van der Waals surface area contributed by atoms with Crippen LogP contribution in [0.25, 0.3) is 0 Å². The number of allylic oxidation sites excluding steroid dienone is 1. The third-order valence-electron chi connectivity index (χ3n) is 1.03. The number of hydrogen-bond acceptors (Lipinski definition) is 2. The Morgan fingerprint density at radius 2 is 2.33 bits per heavy atom. The van der Waals surface area contributed by atoms with Crippen molar-refractivity contribution in [3.05, 3.63) is 10.2 Å². The van der Waals surface area contributed by atoms with Gasteiger partial charge in [-0.2, -0.15) is 0 Å². The highest BCUT2D eigenvalue weighted by atomic mass is 35.5. The average Bonchev–Trinajstić information content (AvgIpc) is 1.83. The van der Waals surface area contributed by atoms with Gasteiger partial charge in [0.1, 0.15) is 11.8 Å². The molecule has 1 heterocycles. The fourth-order valence-corrected chi connectivity index (χ4v) is 0.857. The Morgan fingerprint density at radius 3 is 2.78 bits per heavy atom. The normalized spacial score (nSPS) is 19.2. The zero-order valence-corrected chi connectivity index (χ0v) is 6.45. The monoisotopic (exact) mass is 164 g/mol. The molecule has 0 amide bonds. The van der Waals surface area contributed by atoms with E-state index in [4.69, 9.17) is 23.2 Å². The SMILES string of the molecule is CN1CN=CC(Cl)=C1Cl. The smallest absolute Gasteiger partial charge is 0.126 e. The lowest BCUT2D eigenvalue weighted by Crippen LogP contribution is -2.18. The standard InChI is InChI=1S/C5H6Cl2N2/c1-9-3-8-2-4(6)5(9)7/h2H,3H2,1H3. The van der Waals surface area contributed by atoms with Gasteiger partial charge < -0.3 is 4.90 Å². The molecule has 0 atom stereocenters. The van der Waals surface area contributed by atoms with Gasteiger partial charge in [0.25, 0.3) is 0 Å². The quantitative estimate of drug-likeness (QED) is 0.498. The maximum absolute atomic E-state index is 5.70. The van der Waals surface area contributed by atoms with Crippen LogP contribution in [0.2, 0.25) is 0 Å². The summed E-state index contributed by atoms with van der Waals surface area (Å²) < 4.78 is 0. The molecule has 1 aliphatic rings. The van der Waals surface area contributed by atoms with E-state index in [1.165, 1.54) is 0 Å². The van der Waals surface area contributed by atoms with Crippen molar-refractivity contribution < 1.29 is 0 Å². The van der Waals surface area contributed by atoms with Crippen molar-refractivity contribution in [2.45, 2.75) is 0 Å². The van der Waals surface area contributed by atoms with Gasteiger partial charge in [-0.25, -0.2) is 0 Å². The van der Waals surface area contributed by atoms with Crippen LogP contribution >= 0.6 is 23.2 Å². The zero-order chi connectivity index (χ0) is 6.85. The van der Waals surface area contributed by atoms with Crippen molar-refractivity contribution in [1.29, 1.82) is 0 Å². The van der Waals surface area contributed by atoms with E-state index < -0.39 is 0 Å². The van der Waals surface area contributed by atoms with E-state index in [-0.39, 0.29) is 0 Å². The first-order chi connectivity index (χ1) is 4.22. The lowest BCUT2D eigenvalue weighted by Gasteiger charge is -2.18. The van der Waals surface area contributed by atoms with Gasteiger partial charge in [0.05, 0.1) is 5.03 Å². The fraction of sp³-hybridized carbons (Fsp3) is 0.400. The van der Waals surface area contributed by atoms with Gasteiger partial charge in [0, 0.05) is 13.3 Å². The predicted molar refractivity (Wildman–Crippen MR) is 39.9 cm³/mol. The van der Waals surface area contributed by atoms with E-state index in [1.807, 2.05) is 7.05 Å². The van der Waals surface area contributed by atoms with Gasteiger partial charge in [-0.05, 0) is 0 Å². The molecule has 0 unspecified atom stereocenters. The molecule has 0 bridgehead atoms. The summed E-state index contributed by atoms with van der Waals surface area (Å²) in [6.45, 7) is 0.592. The van der Waals surface area contributed by atoms with Crippen LogP contribution in [-0.4, -0.2) is 24.8 Å². The zero-order valence-electron chi connectivity index (χ0n) is 4.93. The number of halogens is 2. The van der Waals surface area contributed by atoms with Gasteiger partial charge in [0.2, 0.25) is 0 Å². The summed E-state index contributed by atoms with van der Waals surface area (Å²) in [6.07, 6.45) is 1.56. The molecular formula is C5H6Cl2N2. The van der Waals surface area contributed by atoms with E-state index in [1.54, 1.807) is 11.1 Å². The van der Waals surface area contributed by atoms with E-state index in [2.05, 4.69) is 4.99 Å². The minimum Gasteiger partial charge on any atom is -0.345 e. The van der Waals surface area contributed by atoms with Crippen molar-refractivity contribution in [1.82, 2.24) is 4.90 Å². The first-order valence-corrected chi connectivity index (χ1v) is 3.23. The summed E-state index contributed by atoms with van der Waals surface area (Å²) in [5, 5.41) is 1.07. The van der Waals surface area contributed by atoms with Crippen LogP contribution in [0.15, 0.2) is 15.2 Å². The van der Waals surface area contributed by atoms with Crippen LogP contribution in [0, 0.1) is 0 Å². The largest absolute Gasteiger partial charge is 0.345 e. The van der Waals surface area contributed by atoms with E-state index in [9.17, 15) is 0 Å². The fourth-order valence-electron chi connectivity index (χ4n) is 0.541. The van der Waals surface area contributed by atoms with Crippen LogP contribution in [-0.2, 0) is 0 Å². The molecule has 0 saturated carbocycles. The van der Waals surface area contributed by atoms with Crippen LogP contribution in [0.4, 0.5) is 0 Å². The molecule has 0 aromatic rings. The number of nitrogens with zero attached hydrogens (tertiary/aromatic N) is 2. The van der Waals surface area contributed by atoms with E-state index >= 15 is 0 Å². The molecule has 0 fully saturated rings. The third-order valence-corrected chi connectivity index (χ3v) is 1.90. The van der Waals surface area contributed by atoms with Gasteiger partial charge in [-0.1, -0.05) is 23.2 Å². The summed E-state index contributed by atoms with van der Waals surface area (Å²) in [7, 11) is 1.83. The number of rotatable bonds is 0.